The third-order valence-electron chi connectivity index (χ3n) is 0.594. The van der Waals surface area contributed by atoms with E-state index in [0.717, 1.165) is 0 Å². The Labute approximate surface area is 43.5 Å². The van der Waals surface area contributed by atoms with Gasteiger partial charge in [0.1, 0.15) is 0 Å². The first-order valence-corrected chi connectivity index (χ1v) is 2.46. The Morgan fingerprint density at radius 3 is 2.29 bits per heavy atom. The first-order chi connectivity index (χ1) is 3.31. The lowest BCUT2D eigenvalue weighted by molar-refractivity contribution is -0.142. The number of hydrogen-bond donors (Lipinski definition) is 0. The molecule has 0 saturated carbocycles. The van der Waals surface area contributed by atoms with Crippen LogP contribution in [-0.4, -0.2) is 12.6 Å². The fourth-order valence-electron chi connectivity index (χ4n) is 0.263. The minimum Gasteiger partial charge on any atom is -0.466 e. The van der Waals surface area contributed by atoms with Crippen LogP contribution in [0.4, 0.5) is 0 Å². The number of carbonyl (C=O) groups excluding carboxylic acids is 1. The van der Waals surface area contributed by atoms with Gasteiger partial charge in [-0.3, -0.25) is 4.79 Å². The first kappa shape index (κ1) is 6.47. The van der Waals surface area contributed by atoms with Gasteiger partial charge in [0.25, 0.3) is 0 Å². The van der Waals surface area contributed by atoms with Crippen molar-refractivity contribution in [1.29, 1.82) is 0 Å². The summed E-state index contributed by atoms with van der Waals surface area (Å²) in [5, 5.41) is 0. The van der Waals surface area contributed by atoms with Crippen LogP contribution in [0.3, 0.4) is 0 Å². The molecule has 0 aliphatic carbocycles. The van der Waals surface area contributed by atoms with E-state index in [1.807, 2.05) is 0 Å². The quantitative estimate of drug-likeness (QED) is 0.384. The van der Waals surface area contributed by atoms with E-state index in [1.54, 1.807) is 13.8 Å². The number of carbonyl (C=O) groups is 1. The molecule has 42 valence electrons. The second-order valence-electron chi connectivity index (χ2n) is 1.16. The maximum absolute atomic E-state index is 10.2. The molecular formula is C5H10O2. The van der Waals surface area contributed by atoms with Crippen molar-refractivity contribution in [2.75, 3.05) is 6.61 Å². The smallest absolute Gasteiger partial charge is 0.305 e. The standard InChI is InChI=1S/C5H10O2/c1-3-5(6)7-4-2/h3-4H2,1-2H3/i5+1. The molecule has 0 bridgehead atoms. The third-order valence-corrected chi connectivity index (χ3v) is 0.594. The molecule has 7 heavy (non-hydrogen) atoms. The van der Waals surface area contributed by atoms with Gasteiger partial charge in [0.15, 0.2) is 0 Å². The van der Waals surface area contributed by atoms with Gasteiger partial charge in [0.2, 0.25) is 0 Å². The zero-order chi connectivity index (χ0) is 5.70. The van der Waals surface area contributed by atoms with Crippen LogP contribution in [0.1, 0.15) is 20.3 Å². The highest BCUT2D eigenvalue weighted by Crippen LogP contribution is 1.80. The summed E-state index contributed by atoms with van der Waals surface area (Å²) < 4.78 is 4.55. The van der Waals surface area contributed by atoms with Crippen LogP contribution in [0.2, 0.25) is 0 Å². The summed E-state index contributed by atoms with van der Waals surface area (Å²) in [5.41, 5.74) is 0. The summed E-state index contributed by atoms with van der Waals surface area (Å²) in [4.78, 5) is 10.2. The molecule has 0 aliphatic rings. The van der Waals surface area contributed by atoms with Crippen LogP contribution in [0.5, 0.6) is 0 Å². The van der Waals surface area contributed by atoms with Gasteiger partial charge in [0.05, 0.1) is 6.61 Å². The summed E-state index contributed by atoms with van der Waals surface area (Å²) >= 11 is 0. The highest BCUT2D eigenvalue weighted by Gasteiger charge is 1.91. The van der Waals surface area contributed by atoms with Gasteiger partial charge < -0.3 is 4.74 Å². The molecule has 0 N–H and O–H groups in total. The van der Waals surface area contributed by atoms with Crippen molar-refractivity contribution in [2.45, 2.75) is 20.3 Å². The van der Waals surface area contributed by atoms with Gasteiger partial charge in [-0.25, -0.2) is 0 Å². The molecule has 0 heterocycles. The molecule has 0 radical (unpaired) electrons. The third kappa shape index (κ3) is 3.30. The maximum Gasteiger partial charge on any atom is 0.305 e. The number of ether oxygens (including phenoxy) is 1. The highest BCUT2D eigenvalue weighted by molar-refractivity contribution is 5.68. The highest BCUT2D eigenvalue weighted by atomic mass is 16.6. The van der Waals surface area contributed by atoms with Gasteiger partial charge in [0, 0.05) is 6.42 Å². The van der Waals surface area contributed by atoms with E-state index in [9.17, 15) is 4.79 Å². The topological polar surface area (TPSA) is 26.3 Å². The number of rotatable bonds is 2. The molecule has 0 fully saturated rings. The number of esters is 1. The fourth-order valence-corrected chi connectivity index (χ4v) is 0.263. The fraction of sp³-hybridized carbons (Fsp3) is 0.800. The normalized spacial score (nSPS) is 8.29. The Kier molecular flexibility index (Phi) is 3.38. The molecule has 2 nitrogen and oxygen atoms in total. The first-order valence-electron chi connectivity index (χ1n) is 2.46. The van der Waals surface area contributed by atoms with E-state index in [2.05, 4.69) is 4.74 Å². The van der Waals surface area contributed by atoms with Gasteiger partial charge >= 0.3 is 5.97 Å². The maximum atomic E-state index is 10.2. The lowest BCUT2D eigenvalue weighted by Gasteiger charge is -1.93. The molecule has 0 aliphatic heterocycles. The van der Waals surface area contributed by atoms with Crippen molar-refractivity contribution in [3.05, 3.63) is 0 Å². The lowest BCUT2D eigenvalue weighted by Crippen LogP contribution is -2.00. The average Bonchev–Trinajstić information content (AvgIpc) is 1.68. The second-order valence-corrected chi connectivity index (χ2v) is 1.16. The van der Waals surface area contributed by atoms with E-state index < -0.39 is 0 Å². The Balaban J connectivity index is 3.00. The van der Waals surface area contributed by atoms with Crippen LogP contribution in [0.25, 0.3) is 0 Å². The minimum atomic E-state index is -0.123. The number of hydrogen-bond acceptors (Lipinski definition) is 2. The van der Waals surface area contributed by atoms with Gasteiger partial charge in [-0.05, 0) is 6.92 Å². The van der Waals surface area contributed by atoms with Crippen molar-refractivity contribution >= 4 is 5.97 Å². The molecule has 0 aromatic heterocycles. The van der Waals surface area contributed by atoms with Crippen molar-refractivity contribution in [1.82, 2.24) is 0 Å². The van der Waals surface area contributed by atoms with Crippen LogP contribution in [-0.2, 0) is 9.53 Å². The molecule has 0 aromatic carbocycles. The molecule has 0 atom stereocenters. The Bertz CT molecular complexity index is 59.1. The molecule has 2 heteroatoms. The van der Waals surface area contributed by atoms with Gasteiger partial charge in [-0.15, -0.1) is 0 Å². The minimum absolute atomic E-state index is 0.123. The zero-order valence-electron chi connectivity index (χ0n) is 4.73. The predicted octanol–water partition coefficient (Wildman–Crippen LogP) is 0.960. The van der Waals surface area contributed by atoms with Crippen LogP contribution < -0.4 is 0 Å². The molecule has 0 unspecified atom stereocenters. The Morgan fingerprint density at radius 2 is 2.14 bits per heavy atom. The van der Waals surface area contributed by atoms with Crippen LogP contribution in [0, 0.1) is 0 Å². The van der Waals surface area contributed by atoms with Crippen molar-refractivity contribution in [3.8, 4) is 0 Å². The summed E-state index contributed by atoms with van der Waals surface area (Å²) in [6.07, 6.45) is 0.480. The summed E-state index contributed by atoms with van der Waals surface area (Å²) in [7, 11) is 0. The largest absolute Gasteiger partial charge is 0.466 e. The molecule has 0 saturated heterocycles. The van der Waals surface area contributed by atoms with Crippen molar-refractivity contribution in [3.63, 3.8) is 0 Å². The van der Waals surface area contributed by atoms with Crippen LogP contribution >= 0.6 is 0 Å². The van der Waals surface area contributed by atoms with E-state index in [4.69, 9.17) is 0 Å². The molecular weight excluding hydrogens is 93.0 g/mol. The molecule has 0 spiro atoms. The monoisotopic (exact) mass is 103 g/mol. The van der Waals surface area contributed by atoms with E-state index in [-0.39, 0.29) is 5.97 Å². The van der Waals surface area contributed by atoms with Crippen LogP contribution in [0.15, 0.2) is 0 Å². The average molecular weight is 103 g/mol. The summed E-state index contributed by atoms with van der Waals surface area (Å²) in [5.74, 6) is -0.123. The van der Waals surface area contributed by atoms with Crippen molar-refractivity contribution < 1.29 is 9.53 Å². The molecule has 0 amide bonds. The lowest BCUT2D eigenvalue weighted by atomic mass is 10.7. The van der Waals surface area contributed by atoms with E-state index >= 15 is 0 Å². The molecule has 0 rings (SSSR count). The van der Waals surface area contributed by atoms with E-state index in [1.165, 1.54) is 0 Å². The Hall–Kier alpha value is -0.530. The zero-order valence-corrected chi connectivity index (χ0v) is 4.73. The second kappa shape index (κ2) is 3.65. The van der Waals surface area contributed by atoms with Gasteiger partial charge in [-0.1, -0.05) is 6.92 Å². The SMILES string of the molecule is CCO[13C](=O)CC. The summed E-state index contributed by atoms with van der Waals surface area (Å²) in [6, 6.07) is 0. The van der Waals surface area contributed by atoms with Gasteiger partial charge in [-0.2, -0.15) is 0 Å². The summed E-state index contributed by atoms with van der Waals surface area (Å²) in [6.45, 7) is 4.07. The van der Waals surface area contributed by atoms with Crippen molar-refractivity contribution in [2.24, 2.45) is 0 Å². The predicted molar refractivity (Wildman–Crippen MR) is 26.9 cm³/mol. The Morgan fingerprint density at radius 1 is 1.57 bits per heavy atom. The molecule has 0 aromatic rings. The van der Waals surface area contributed by atoms with E-state index in [0.29, 0.717) is 13.0 Å².